The van der Waals surface area contributed by atoms with Crippen molar-refractivity contribution in [2.45, 2.75) is 19.1 Å². The Morgan fingerprint density at radius 1 is 1.23 bits per heavy atom. The van der Waals surface area contributed by atoms with Crippen LogP contribution in [-0.4, -0.2) is 48.8 Å². The van der Waals surface area contributed by atoms with E-state index in [1.54, 1.807) is 7.11 Å². The molecule has 2 aromatic carbocycles. The highest BCUT2D eigenvalue weighted by Crippen LogP contribution is 2.22. The van der Waals surface area contributed by atoms with Crippen molar-refractivity contribution in [3.8, 4) is 5.75 Å². The Balaban J connectivity index is 1.50. The first-order valence-electron chi connectivity index (χ1n) is 8.83. The Hall–Kier alpha value is -2.57. The summed E-state index contributed by atoms with van der Waals surface area (Å²) in [5.74, 6) is 0.954. The fourth-order valence-corrected chi connectivity index (χ4v) is 3.19. The van der Waals surface area contributed by atoms with Crippen molar-refractivity contribution in [2.75, 3.05) is 32.1 Å². The molecule has 1 aliphatic rings. The van der Waals surface area contributed by atoms with Crippen molar-refractivity contribution in [3.05, 3.63) is 59.7 Å². The number of rotatable bonds is 6. The topological polar surface area (TPSA) is 83.1 Å². The van der Waals surface area contributed by atoms with Crippen LogP contribution in [0.25, 0.3) is 0 Å². The van der Waals surface area contributed by atoms with Crippen LogP contribution in [0.2, 0.25) is 0 Å². The zero-order chi connectivity index (χ0) is 18.4. The second kappa shape index (κ2) is 8.69. The number of anilines is 1. The summed E-state index contributed by atoms with van der Waals surface area (Å²) in [6.45, 7) is 2.66. The zero-order valence-electron chi connectivity index (χ0n) is 15.1. The van der Waals surface area contributed by atoms with E-state index < -0.39 is 6.10 Å². The normalized spacial score (nSPS) is 16.0. The van der Waals surface area contributed by atoms with Crippen molar-refractivity contribution in [1.29, 1.82) is 0 Å². The summed E-state index contributed by atoms with van der Waals surface area (Å²) < 4.78 is 5.27. The minimum absolute atomic E-state index is 0.256. The van der Waals surface area contributed by atoms with Crippen LogP contribution < -0.4 is 15.8 Å². The quantitative estimate of drug-likeness (QED) is 0.545. The molecule has 0 fully saturated rings. The maximum absolute atomic E-state index is 10.3. The molecule has 6 heteroatoms. The van der Waals surface area contributed by atoms with E-state index in [0.29, 0.717) is 12.3 Å². The first kappa shape index (κ1) is 18.2. The van der Waals surface area contributed by atoms with E-state index in [1.807, 2.05) is 24.3 Å². The summed E-state index contributed by atoms with van der Waals surface area (Å²) in [6, 6.07) is 16.0. The van der Waals surface area contributed by atoms with Crippen LogP contribution in [0.15, 0.2) is 53.5 Å². The number of hydrogen-bond donors (Lipinski definition) is 3. The second-order valence-electron chi connectivity index (χ2n) is 6.46. The minimum Gasteiger partial charge on any atom is -0.495 e. The number of nitrogens with two attached hydrogens (primary N) is 1. The highest BCUT2D eigenvalue weighted by molar-refractivity contribution is 5.93. The van der Waals surface area contributed by atoms with Crippen LogP contribution >= 0.6 is 0 Å². The van der Waals surface area contributed by atoms with Crippen molar-refractivity contribution >= 4 is 11.6 Å². The van der Waals surface area contributed by atoms with E-state index in [2.05, 4.69) is 39.5 Å². The summed E-state index contributed by atoms with van der Waals surface area (Å²) in [7, 11) is 1.61. The van der Waals surface area contributed by atoms with Crippen molar-refractivity contribution in [3.63, 3.8) is 0 Å². The fraction of sp³-hybridized carbons (Fsp3) is 0.350. The molecule has 1 atom stereocenters. The lowest BCUT2D eigenvalue weighted by Crippen LogP contribution is -2.38. The molecule has 2 aromatic rings. The molecule has 0 saturated carbocycles. The number of fused-ring (bicyclic) bond motifs is 1. The van der Waals surface area contributed by atoms with Gasteiger partial charge in [0.25, 0.3) is 0 Å². The van der Waals surface area contributed by atoms with E-state index in [0.717, 1.165) is 25.2 Å². The van der Waals surface area contributed by atoms with Gasteiger partial charge in [-0.05, 0) is 29.7 Å². The summed E-state index contributed by atoms with van der Waals surface area (Å²) >= 11 is 0. The van der Waals surface area contributed by atoms with Gasteiger partial charge in [0, 0.05) is 19.6 Å². The van der Waals surface area contributed by atoms with Gasteiger partial charge in [-0.25, -0.2) is 0 Å². The maximum Gasteiger partial charge on any atom is 0.193 e. The highest BCUT2D eigenvalue weighted by atomic mass is 16.5. The smallest absolute Gasteiger partial charge is 0.193 e. The number of methoxy groups -OCH3 is 1. The maximum atomic E-state index is 10.3. The molecule has 6 nitrogen and oxygen atoms in total. The Labute approximate surface area is 154 Å². The zero-order valence-corrected chi connectivity index (χ0v) is 15.1. The van der Waals surface area contributed by atoms with Gasteiger partial charge in [0.05, 0.1) is 25.4 Å². The van der Waals surface area contributed by atoms with Crippen LogP contribution in [0, 0.1) is 0 Å². The van der Waals surface area contributed by atoms with Crippen LogP contribution in [0.5, 0.6) is 5.75 Å². The lowest BCUT2D eigenvalue weighted by molar-refractivity contribution is 0.112. The SMILES string of the molecule is COc1ccccc1NC(N)=NCC(O)CN1CCc2ccccc2C1. The molecule has 1 aliphatic heterocycles. The second-order valence-corrected chi connectivity index (χ2v) is 6.46. The Kier molecular flexibility index (Phi) is 6.09. The molecule has 0 bridgehead atoms. The van der Waals surface area contributed by atoms with Crippen molar-refractivity contribution in [2.24, 2.45) is 10.7 Å². The molecule has 26 heavy (non-hydrogen) atoms. The third-order valence-electron chi connectivity index (χ3n) is 4.52. The first-order valence-corrected chi connectivity index (χ1v) is 8.83. The number of nitrogens with zero attached hydrogens (tertiary/aromatic N) is 2. The van der Waals surface area contributed by atoms with Crippen molar-refractivity contribution < 1.29 is 9.84 Å². The number of aliphatic hydroxyl groups is 1. The lowest BCUT2D eigenvalue weighted by atomic mass is 10.00. The Morgan fingerprint density at radius 2 is 1.96 bits per heavy atom. The number of hydrogen-bond acceptors (Lipinski definition) is 4. The predicted molar refractivity (Wildman–Crippen MR) is 105 cm³/mol. The third kappa shape index (κ3) is 4.74. The summed E-state index contributed by atoms with van der Waals surface area (Å²) in [5.41, 5.74) is 9.42. The van der Waals surface area contributed by atoms with E-state index in [-0.39, 0.29) is 12.5 Å². The number of guanidine groups is 1. The molecule has 0 amide bonds. The van der Waals surface area contributed by atoms with E-state index in [9.17, 15) is 5.11 Å². The number of ether oxygens (including phenoxy) is 1. The first-order chi connectivity index (χ1) is 12.7. The van der Waals surface area contributed by atoms with Gasteiger partial charge in [-0.2, -0.15) is 0 Å². The standard InChI is InChI=1S/C20H26N4O2/c1-26-19-9-5-4-8-18(19)23-20(21)22-12-17(25)14-24-11-10-15-6-2-3-7-16(15)13-24/h2-9,17,25H,10-14H2,1H3,(H3,21,22,23). The molecule has 4 N–H and O–H groups in total. The molecule has 0 spiro atoms. The van der Waals surface area contributed by atoms with Gasteiger partial charge in [0.2, 0.25) is 0 Å². The molecule has 1 heterocycles. The molecule has 0 saturated heterocycles. The van der Waals surface area contributed by atoms with Gasteiger partial charge in [0.15, 0.2) is 5.96 Å². The summed E-state index contributed by atoms with van der Waals surface area (Å²) in [5, 5.41) is 13.3. The minimum atomic E-state index is -0.557. The number of nitrogens with one attached hydrogen (secondary N) is 1. The average molecular weight is 354 g/mol. The van der Waals surface area contributed by atoms with Crippen LogP contribution in [0.3, 0.4) is 0 Å². The number of aliphatic hydroxyl groups excluding tert-OH is 1. The monoisotopic (exact) mass is 354 g/mol. The number of para-hydroxylation sites is 2. The Bertz CT molecular complexity index is 763. The van der Waals surface area contributed by atoms with Gasteiger partial charge in [-0.15, -0.1) is 0 Å². The molecule has 3 rings (SSSR count). The van der Waals surface area contributed by atoms with Crippen LogP contribution in [0.4, 0.5) is 5.69 Å². The van der Waals surface area contributed by atoms with Crippen LogP contribution in [-0.2, 0) is 13.0 Å². The molecule has 1 unspecified atom stereocenters. The summed E-state index contributed by atoms with van der Waals surface area (Å²) in [4.78, 5) is 6.51. The van der Waals surface area contributed by atoms with Gasteiger partial charge >= 0.3 is 0 Å². The van der Waals surface area contributed by atoms with Crippen molar-refractivity contribution in [1.82, 2.24) is 4.90 Å². The largest absolute Gasteiger partial charge is 0.495 e. The molecule has 0 aliphatic carbocycles. The van der Waals surface area contributed by atoms with E-state index in [4.69, 9.17) is 10.5 Å². The van der Waals surface area contributed by atoms with E-state index in [1.165, 1.54) is 11.1 Å². The molecule has 0 aromatic heterocycles. The fourth-order valence-electron chi connectivity index (χ4n) is 3.19. The molecular weight excluding hydrogens is 328 g/mol. The lowest BCUT2D eigenvalue weighted by Gasteiger charge is -2.30. The van der Waals surface area contributed by atoms with Gasteiger partial charge in [0.1, 0.15) is 5.75 Å². The predicted octanol–water partition coefficient (Wildman–Crippen LogP) is 1.84. The highest BCUT2D eigenvalue weighted by Gasteiger charge is 2.18. The Morgan fingerprint density at radius 3 is 2.77 bits per heavy atom. The van der Waals surface area contributed by atoms with Crippen LogP contribution in [0.1, 0.15) is 11.1 Å². The number of aliphatic imine (C=N–C) groups is 1. The average Bonchev–Trinajstić information content (AvgIpc) is 2.67. The summed E-state index contributed by atoms with van der Waals surface area (Å²) in [6.07, 6.45) is 0.460. The van der Waals surface area contributed by atoms with Gasteiger partial charge in [-0.1, -0.05) is 36.4 Å². The molecule has 138 valence electrons. The molecular formula is C20H26N4O2. The number of benzene rings is 2. The van der Waals surface area contributed by atoms with Gasteiger partial charge < -0.3 is 20.9 Å². The third-order valence-corrected chi connectivity index (χ3v) is 4.52. The van der Waals surface area contributed by atoms with E-state index >= 15 is 0 Å². The van der Waals surface area contributed by atoms with Gasteiger partial charge in [-0.3, -0.25) is 9.89 Å². The number of β-amino-alcohol motifs (C(OH)–C–C–N with tert-alkyl or cyclic N) is 1. The molecule has 0 radical (unpaired) electrons.